The van der Waals surface area contributed by atoms with Crippen molar-refractivity contribution in [3.63, 3.8) is 0 Å². The first-order chi connectivity index (χ1) is 7.13. The summed E-state index contributed by atoms with van der Waals surface area (Å²) in [5.74, 6) is -1.09. The number of benzene rings is 1. The molecule has 1 aromatic carbocycles. The predicted molar refractivity (Wildman–Crippen MR) is 60.0 cm³/mol. The molecule has 78 valence electrons. The van der Waals surface area contributed by atoms with E-state index < -0.39 is 5.97 Å². The molecule has 15 heavy (non-hydrogen) atoms. The predicted octanol–water partition coefficient (Wildman–Crippen LogP) is 3.51. The summed E-state index contributed by atoms with van der Waals surface area (Å²) in [6, 6.07) is 5.05. The highest BCUT2D eigenvalue weighted by Gasteiger charge is 2.19. The van der Waals surface area contributed by atoms with Crippen molar-refractivity contribution in [2.45, 2.75) is 4.90 Å². The van der Waals surface area contributed by atoms with Crippen LogP contribution in [-0.4, -0.2) is 17.3 Å². The van der Waals surface area contributed by atoms with Crippen molar-refractivity contribution in [3.05, 3.63) is 29.0 Å². The number of carboxylic acid groups (broad SMARTS) is 1. The number of thioether (sulfide) groups is 1. The average molecular weight is 243 g/mol. The highest BCUT2D eigenvalue weighted by molar-refractivity contribution is 7.98. The molecule has 5 heteroatoms. The van der Waals surface area contributed by atoms with E-state index in [0.717, 1.165) is 5.39 Å². The Morgan fingerprint density at radius 3 is 2.87 bits per heavy atom. The van der Waals surface area contributed by atoms with E-state index in [1.807, 2.05) is 0 Å². The quantitative estimate of drug-likeness (QED) is 0.819. The van der Waals surface area contributed by atoms with Crippen molar-refractivity contribution in [3.8, 4) is 0 Å². The minimum atomic E-state index is -1.06. The Balaban J connectivity index is 2.79. The Morgan fingerprint density at radius 1 is 1.53 bits per heavy atom. The number of hydrogen-bond donors (Lipinski definition) is 1. The third-order valence-corrected chi connectivity index (χ3v) is 3.05. The number of fused-ring (bicyclic) bond motifs is 1. The number of halogens is 1. The number of rotatable bonds is 2. The van der Waals surface area contributed by atoms with Crippen LogP contribution in [0.2, 0.25) is 5.02 Å². The SMILES string of the molecule is CSc1c(C(=O)O)oc2ccc(Cl)cc12. The van der Waals surface area contributed by atoms with Crippen LogP contribution in [0, 0.1) is 0 Å². The molecule has 2 rings (SSSR count). The monoisotopic (exact) mass is 242 g/mol. The Labute approximate surface area is 95.0 Å². The zero-order chi connectivity index (χ0) is 11.0. The third-order valence-electron chi connectivity index (χ3n) is 2.00. The van der Waals surface area contributed by atoms with Gasteiger partial charge < -0.3 is 9.52 Å². The first-order valence-electron chi connectivity index (χ1n) is 4.13. The lowest BCUT2D eigenvalue weighted by Crippen LogP contribution is -1.94. The fourth-order valence-corrected chi connectivity index (χ4v) is 2.26. The molecule has 0 aliphatic carbocycles. The number of furan rings is 1. The highest BCUT2D eigenvalue weighted by atomic mass is 35.5. The summed E-state index contributed by atoms with van der Waals surface area (Å²) in [5.41, 5.74) is 0.543. The van der Waals surface area contributed by atoms with Crippen molar-refractivity contribution in [2.75, 3.05) is 6.26 Å². The molecule has 0 bridgehead atoms. The molecule has 1 N–H and O–H groups in total. The smallest absolute Gasteiger partial charge is 0.373 e. The molecule has 0 fully saturated rings. The molecular weight excluding hydrogens is 236 g/mol. The topological polar surface area (TPSA) is 50.4 Å². The van der Waals surface area contributed by atoms with Gasteiger partial charge in [-0.1, -0.05) is 11.6 Å². The second-order valence-electron chi connectivity index (χ2n) is 2.91. The molecule has 0 saturated heterocycles. The summed E-state index contributed by atoms with van der Waals surface area (Å²) in [7, 11) is 0. The van der Waals surface area contributed by atoms with Crippen molar-refractivity contribution < 1.29 is 14.3 Å². The first kappa shape index (κ1) is 10.4. The Kier molecular flexibility index (Phi) is 2.63. The van der Waals surface area contributed by atoms with E-state index in [9.17, 15) is 4.79 Å². The maximum atomic E-state index is 10.9. The lowest BCUT2D eigenvalue weighted by molar-refractivity contribution is 0.0660. The van der Waals surface area contributed by atoms with Gasteiger partial charge in [-0.15, -0.1) is 11.8 Å². The highest BCUT2D eigenvalue weighted by Crippen LogP contribution is 2.34. The van der Waals surface area contributed by atoms with Gasteiger partial charge in [-0.25, -0.2) is 4.79 Å². The van der Waals surface area contributed by atoms with Crippen LogP contribution < -0.4 is 0 Å². The van der Waals surface area contributed by atoms with Crippen LogP contribution in [0.4, 0.5) is 0 Å². The van der Waals surface area contributed by atoms with Crippen molar-refractivity contribution in [2.24, 2.45) is 0 Å². The molecule has 1 heterocycles. The van der Waals surface area contributed by atoms with Gasteiger partial charge in [-0.05, 0) is 24.5 Å². The molecule has 0 spiro atoms. The van der Waals surface area contributed by atoms with Crippen molar-refractivity contribution in [1.82, 2.24) is 0 Å². The van der Waals surface area contributed by atoms with Gasteiger partial charge in [0.05, 0.1) is 4.90 Å². The second kappa shape index (κ2) is 3.79. The van der Waals surface area contributed by atoms with Crippen LogP contribution in [0.25, 0.3) is 11.0 Å². The standard InChI is InChI=1S/C10H7ClO3S/c1-15-9-6-4-5(11)2-3-7(6)14-8(9)10(12)13/h2-4H,1H3,(H,12,13). The molecule has 0 amide bonds. The van der Waals surface area contributed by atoms with Gasteiger partial charge >= 0.3 is 5.97 Å². The van der Waals surface area contributed by atoms with Crippen LogP contribution in [0.15, 0.2) is 27.5 Å². The molecule has 0 atom stereocenters. The molecular formula is C10H7ClO3S. The van der Waals surface area contributed by atoms with E-state index in [2.05, 4.69) is 0 Å². The van der Waals surface area contributed by atoms with E-state index >= 15 is 0 Å². The second-order valence-corrected chi connectivity index (χ2v) is 4.16. The lowest BCUT2D eigenvalue weighted by atomic mass is 10.2. The summed E-state index contributed by atoms with van der Waals surface area (Å²) in [6.45, 7) is 0. The van der Waals surface area contributed by atoms with Crippen LogP contribution in [0.3, 0.4) is 0 Å². The molecule has 3 nitrogen and oxygen atoms in total. The lowest BCUT2D eigenvalue weighted by Gasteiger charge is -1.93. The van der Waals surface area contributed by atoms with Crippen LogP contribution >= 0.6 is 23.4 Å². The van der Waals surface area contributed by atoms with E-state index in [0.29, 0.717) is 15.5 Å². The van der Waals surface area contributed by atoms with Gasteiger partial charge in [-0.3, -0.25) is 0 Å². The summed E-state index contributed by atoms with van der Waals surface area (Å²) in [4.78, 5) is 11.5. The first-order valence-corrected chi connectivity index (χ1v) is 5.73. The van der Waals surface area contributed by atoms with E-state index in [-0.39, 0.29) is 5.76 Å². The zero-order valence-corrected chi connectivity index (χ0v) is 9.35. The van der Waals surface area contributed by atoms with Gasteiger partial charge in [0.2, 0.25) is 5.76 Å². The molecule has 0 saturated carbocycles. The fraction of sp³-hybridized carbons (Fsp3) is 0.100. The number of hydrogen-bond acceptors (Lipinski definition) is 3. The van der Waals surface area contributed by atoms with Gasteiger partial charge in [0, 0.05) is 10.4 Å². The Hall–Kier alpha value is -1.13. The third kappa shape index (κ3) is 1.70. The normalized spacial score (nSPS) is 10.8. The molecule has 2 aromatic rings. The molecule has 0 aliphatic heterocycles. The van der Waals surface area contributed by atoms with Crippen molar-refractivity contribution in [1.29, 1.82) is 0 Å². The molecule has 0 unspecified atom stereocenters. The van der Waals surface area contributed by atoms with Gasteiger partial charge in [0.15, 0.2) is 0 Å². The van der Waals surface area contributed by atoms with Crippen LogP contribution in [0.1, 0.15) is 10.6 Å². The van der Waals surface area contributed by atoms with Gasteiger partial charge in [0.1, 0.15) is 5.58 Å². The Morgan fingerprint density at radius 2 is 2.27 bits per heavy atom. The van der Waals surface area contributed by atoms with Crippen molar-refractivity contribution >= 4 is 40.3 Å². The molecule has 0 aliphatic rings. The Bertz CT molecular complexity index is 533. The summed E-state index contributed by atoms with van der Waals surface area (Å²) in [5, 5.41) is 10.2. The number of carbonyl (C=O) groups is 1. The van der Waals surface area contributed by atoms with Crippen LogP contribution in [-0.2, 0) is 0 Å². The summed E-state index contributed by atoms with van der Waals surface area (Å²) < 4.78 is 5.23. The van der Waals surface area contributed by atoms with Crippen LogP contribution in [0.5, 0.6) is 0 Å². The molecule has 1 aromatic heterocycles. The van der Waals surface area contributed by atoms with E-state index in [1.165, 1.54) is 11.8 Å². The minimum absolute atomic E-state index is 0.0280. The maximum absolute atomic E-state index is 10.9. The summed E-state index contributed by atoms with van der Waals surface area (Å²) in [6.07, 6.45) is 1.80. The largest absolute Gasteiger partial charge is 0.475 e. The average Bonchev–Trinajstić information content (AvgIpc) is 2.55. The van der Waals surface area contributed by atoms with Gasteiger partial charge in [-0.2, -0.15) is 0 Å². The van der Waals surface area contributed by atoms with Gasteiger partial charge in [0.25, 0.3) is 0 Å². The number of carboxylic acids is 1. The number of aromatic carboxylic acids is 1. The maximum Gasteiger partial charge on any atom is 0.373 e. The minimum Gasteiger partial charge on any atom is -0.475 e. The zero-order valence-electron chi connectivity index (χ0n) is 7.78. The summed E-state index contributed by atoms with van der Waals surface area (Å²) >= 11 is 7.17. The van der Waals surface area contributed by atoms with E-state index in [1.54, 1.807) is 24.5 Å². The molecule has 0 radical (unpaired) electrons. The van der Waals surface area contributed by atoms with E-state index in [4.69, 9.17) is 21.1 Å². The fourth-order valence-electron chi connectivity index (χ4n) is 1.39.